The van der Waals surface area contributed by atoms with Crippen molar-refractivity contribution in [3.8, 4) is 5.75 Å². The zero-order valence-electron chi connectivity index (χ0n) is 9.26. The summed E-state index contributed by atoms with van der Waals surface area (Å²) in [6.07, 6.45) is 2.69. The number of rotatable bonds is 4. The van der Waals surface area contributed by atoms with Crippen LogP contribution in [-0.2, 0) is 0 Å². The first kappa shape index (κ1) is 10.5. The highest BCUT2D eigenvalue weighted by Crippen LogP contribution is 2.27. The molecule has 1 aliphatic rings. The van der Waals surface area contributed by atoms with Crippen LogP contribution in [0.25, 0.3) is 0 Å². The minimum Gasteiger partial charge on any atom is -0.490 e. The molecule has 1 aliphatic carbocycles. The van der Waals surface area contributed by atoms with Crippen LogP contribution in [0.3, 0.4) is 0 Å². The fourth-order valence-electron chi connectivity index (χ4n) is 1.61. The van der Waals surface area contributed by atoms with Crippen LogP contribution in [0.2, 0.25) is 0 Å². The first-order valence-corrected chi connectivity index (χ1v) is 6.56. The summed E-state index contributed by atoms with van der Waals surface area (Å²) in [5.74, 6) is 0.938. The molecule has 0 saturated heterocycles. The Hall–Kier alpha value is -1.61. The number of carbonyl (C=O) groups excluding carboxylic acids is 1. The first-order chi connectivity index (χ1) is 8.33. The van der Waals surface area contributed by atoms with Crippen molar-refractivity contribution in [2.75, 3.05) is 0 Å². The number of benzene rings is 1. The SMILES string of the molecule is O=C(c1ccc(OC2CC2)cc1)c1cccs1. The van der Waals surface area contributed by atoms with E-state index in [9.17, 15) is 4.79 Å². The van der Waals surface area contributed by atoms with Gasteiger partial charge in [-0.2, -0.15) is 0 Å². The van der Waals surface area contributed by atoms with Gasteiger partial charge >= 0.3 is 0 Å². The highest BCUT2D eigenvalue weighted by atomic mass is 32.1. The van der Waals surface area contributed by atoms with Gasteiger partial charge < -0.3 is 4.74 Å². The lowest BCUT2D eigenvalue weighted by atomic mass is 10.1. The second-order valence-corrected chi connectivity index (χ2v) is 5.10. The van der Waals surface area contributed by atoms with Crippen molar-refractivity contribution in [3.63, 3.8) is 0 Å². The molecule has 0 radical (unpaired) electrons. The minimum absolute atomic E-state index is 0.0815. The molecule has 1 fully saturated rings. The van der Waals surface area contributed by atoms with E-state index in [4.69, 9.17) is 4.74 Å². The van der Waals surface area contributed by atoms with Crippen molar-refractivity contribution >= 4 is 17.1 Å². The van der Waals surface area contributed by atoms with E-state index in [1.54, 1.807) is 0 Å². The maximum Gasteiger partial charge on any atom is 0.202 e. The maximum atomic E-state index is 12.0. The van der Waals surface area contributed by atoms with E-state index >= 15 is 0 Å². The Morgan fingerprint density at radius 2 is 1.94 bits per heavy atom. The van der Waals surface area contributed by atoms with Gasteiger partial charge in [-0.3, -0.25) is 4.79 Å². The van der Waals surface area contributed by atoms with Crippen molar-refractivity contribution < 1.29 is 9.53 Å². The Morgan fingerprint density at radius 3 is 2.53 bits per heavy atom. The van der Waals surface area contributed by atoms with Crippen LogP contribution in [0.5, 0.6) is 5.75 Å². The average Bonchev–Trinajstić information content (AvgIpc) is 3.00. The third-order valence-electron chi connectivity index (χ3n) is 2.69. The molecule has 17 heavy (non-hydrogen) atoms. The van der Waals surface area contributed by atoms with E-state index in [0.29, 0.717) is 6.10 Å². The molecule has 1 heterocycles. The Kier molecular flexibility index (Phi) is 2.69. The lowest BCUT2D eigenvalue weighted by Crippen LogP contribution is -1.99. The number of carbonyl (C=O) groups is 1. The quantitative estimate of drug-likeness (QED) is 0.769. The lowest BCUT2D eigenvalue weighted by molar-refractivity contribution is 0.104. The van der Waals surface area contributed by atoms with Crippen LogP contribution in [0.15, 0.2) is 41.8 Å². The Labute approximate surface area is 104 Å². The van der Waals surface area contributed by atoms with Gasteiger partial charge in [0.1, 0.15) is 5.75 Å². The molecule has 0 spiro atoms. The zero-order valence-corrected chi connectivity index (χ0v) is 10.1. The molecule has 2 aromatic rings. The molecule has 0 aliphatic heterocycles. The summed E-state index contributed by atoms with van der Waals surface area (Å²) in [7, 11) is 0. The third kappa shape index (κ3) is 2.39. The van der Waals surface area contributed by atoms with Crippen molar-refractivity contribution in [2.24, 2.45) is 0 Å². The summed E-state index contributed by atoms with van der Waals surface area (Å²) < 4.78 is 5.64. The molecular weight excluding hydrogens is 232 g/mol. The smallest absolute Gasteiger partial charge is 0.202 e. The number of thiophene rings is 1. The van der Waals surface area contributed by atoms with E-state index in [0.717, 1.165) is 29.0 Å². The summed E-state index contributed by atoms with van der Waals surface area (Å²) in [6.45, 7) is 0. The van der Waals surface area contributed by atoms with Crippen LogP contribution in [0.1, 0.15) is 28.1 Å². The molecule has 1 saturated carbocycles. The molecule has 3 heteroatoms. The van der Waals surface area contributed by atoms with Gasteiger partial charge in [-0.1, -0.05) is 6.07 Å². The maximum absolute atomic E-state index is 12.0. The molecule has 0 unspecified atom stereocenters. The monoisotopic (exact) mass is 244 g/mol. The van der Waals surface area contributed by atoms with Crippen LogP contribution < -0.4 is 4.74 Å². The van der Waals surface area contributed by atoms with Crippen LogP contribution in [-0.4, -0.2) is 11.9 Å². The normalized spacial score (nSPS) is 14.6. The van der Waals surface area contributed by atoms with E-state index in [1.165, 1.54) is 11.3 Å². The second kappa shape index (κ2) is 4.34. The lowest BCUT2D eigenvalue weighted by Gasteiger charge is -2.04. The van der Waals surface area contributed by atoms with Crippen LogP contribution >= 0.6 is 11.3 Å². The molecular formula is C14H12O2S. The number of hydrogen-bond acceptors (Lipinski definition) is 3. The Morgan fingerprint density at radius 1 is 1.18 bits per heavy atom. The summed E-state index contributed by atoms with van der Waals surface area (Å²) in [5.41, 5.74) is 0.718. The average molecular weight is 244 g/mol. The van der Waals surface area contributed by atoms with E-state index in [2.05, 4.69) is 0 Å². The second-order valence-electron chi connectivity index (χ2n) is 4.15. The van der Waals surface area contributed by atoms with Gasteiger partial charge in [-0.05, 0) is 48.6 Å². The fourth-order valence-corrected chi connectivity index (χ4v) is 2.30. The molecule has 0 amide bonds. The molecule has 1 aromatic heterocycles. The minimum atomic E-state index is 0.0815. The van der Waals surface area contributed by atoms with Crippen molar-refractivity contribution in [2.45, 2.75) is 18.9 Å². The van der Waals surface area contributed by atoms with Gasteiger partial charge in [0, 0.05) is 5.56 Å². The molecule has 0 N–H and O–H groups in total. The fraction of sp³-hybridized carbons (Fsp3) is 0.214. The van der Waals surface area contributed by atoms with Gasteiger partial charge in [0.05, 0.1) is 11.0 Å². The zero-order chi connectivity index (χ0) is 11.7. The molecule has 86 valence electrons. The van der Waals surface area contributed by atoms with Gasteiger partial charge in [-0.15, -0.1) is 11.3 Å². The highest BCUT2D eigenvalue weighted by Gasteiger charge is 2.23. The first-order valence-electron chi connectivity index (χ1n) is 5.68. The van der Waals surface area contributed by atoms with E-state index < -0.39 is 0 Å². The van der Waals surface area contributed by atoms with Crippen molar-refractivity contribution in [1.82, 2.24) is 0 Å². The number of ether oxygens (including phenoxy) is 1. The van der Waals surface area contributed by atoms with E-state index in [-0.39, 0.29) is 5.78 Å². The van der Waals surface area contributed by atoms with Crippen LogP contribution in [0, 0.1) is 0 Å². The highest BCUT2D eigenvalue weighted by molar-refractivity contribution is 7.12. The molecule has 0 bridgehead atoms. The standard InChI is InChI=1S/C14H12O2S/c15-14(13-2-1-9-17-13)10-3-5-11(6-4-10)16-12-7-8-12/h1-6,9,12H,7-8H2. The van der Waals surface area contributed by atoms with Crippen molar-refractivity contribution in [3.05, 3.63) is 52.2 Å². The third-order valence-corrected chi connectivity index (χ3v) is 3.56. The predicted octanol–water partition coefficient (Wildman–Crippen LogP) is 3.52. The Balaban J connectivity index is 1.77. The molecule has 2 nitrogen and oxygen atoms in total. The van der Waals surface area contributed by atoms with Crippen LogP contribution in [0.4, 0.5) is 0 Å². The summed E-state index contributed by atoms with van der Waals surface area (Å²) in [4.78, 5) is 12.8. The van der Waals surface area contributed by atoms with Gasteiger partial charge in [-0.25, -0.2) is 0 Å². The summed E-state index contributed by atoms with van der Waals surface area (Å²) >= 11 is 1.47. The van der Waals surface area contributed by atoms with Crippen molar-refractivity contribution in [1.29, 1.82) is 0 Å². The number of hydrogen-bond donors (Lipinski definition) is 0. The number of ketones is 1. The van der Waals surface area contributed by atoms with Gasteiger partial charge in [0.25, 0.3) is 0 Å². The van der Waals surface area contributed by atoms with Gasteiger partial charge in [0.2, 0.25) is 5.78 Å². The largest absolute Gasteiger partial charge is 0.490 e. The van der Waals surface area contributed by atoms with E-state index in [1.807, 2.05) is 41.8 Å². The Bertz CT molecular complexity index is 510. The molecule has 1 aromatic carbocycles. The predicted molar refractivity (Wildman–Crippen MR) is 67.8 cm³/mol. The van der Waals surface area contributed by atoms with Gasteiger partial charge in [0.15, 0.2) is 0 Å². The summed E-state index contributed by atoms with van der Waals surface area (Å²) in [6, 6.07) is 11.2. The summed E-state index contributed by atoms with van der Waals surface area (Å²) in [5, 5.41) is 1.91. The topological polar surface area (TPSA) is 26.3 Å². The molecule has 0 atom stereocenters. The molecule has 3 rings (SSSR count).